The first-order valence-electron chi connectivity index (χ1n) is 9.68. The highest BCUT2D eigenvalue weighted by Crippen LogP contribution is 2.23. The summed E-state index contributed by atoms with van der Waals surface area (Å²) in [5, 5.41) is 17.1. The van der Waals surface area contributed by atoms with E-state index < -0.39 is 6.36 Å². The summed E-state index contributed by atoms with van der Waals surface area (Å²) in [6, 6.07) is 5.67. The van der Waals surface area contributed by atoms with Crippen molar-refractivity contribution in [1.82, 2.24) is 15.6 Å². The van der Waals surface area contributed by atoms with Gasteiger partial charge in [0, 0.05) is 49.7 Å². The van der Waals surface area contributed by atoms with E-state index in [1.807, 2.05) is 20.0 Å². The summed E-state index contributed by atoms with van der Waals surface area (Å²) >= 11 is 1.66. The minimum Gasteiger partial charge on any atom is -0.406 e. The highest BCUT2D eigenvalue weighted by Gasteiger charge is 2.30. The summed E-state index contributed by atoms with van der Waals surface area (Å²) in [6.07, 6.45) is -1.58. The van der Waals surface area contributed by atoms with E-state index >= 15 is 0 Å². The molecule has 1 aromatic carbocycles. The van der Waals surface area contributed by atoms with E-state index in [9.17, 15) is 18.3 Å². The second-order valence-corrected chi connectivity index (χ2v) is 8.02. The number of nitrogens with zero attached hydrogens (tertiary/aromatic N) is 2. The van der Waals surface area contributed by atoms with Gasteiger partial charge in [-0.3, -0.25) is 4.99 Å². The van der Waals surface area contributed by atoms with E-state index in [1.165, 1.54) is 17.0 Å². The predicted octanol–water partition coefficient (Wildman–Crippen LogP) is 3.30. The molecule has 166 valence electrons. The fraction of sp³-hybridized carbons (Fsp3) is 0.500. The van der Waals surface area contributed by atoms with Gasteiger partial charge in [-0.05, 0) is 38.0 Å². The molecule has 0 saturated carbocycles. The molecule has 0 aliphatic carbocycles. The number of nitrogens with one attached hydrogen (secondary N) is 2. The van der Waals surface area contributed by atoms with Crippen LogP contribution in [0.3, 0.4) is 0 Å². The highest BCUT2D eigenvalue weighted by molar-refractivity contribution is 7.11. The van der Waals surface area contributed by atoms with Crippen molar-refractivity contribution in [3.05, 3.63) is 45.9 Å². The first-order chi connectivity index (χ1) is 14.3. The van der Waals surface area contributed by atoms with Crippen LogP contribution in [-0.4, -0.2) is 48.7 Å². The van der Waals surface area contributed by atoms with Crippen LogP contribution in [0.4, 0.5) is 13.2 Å². The van der Waals surface area contributed by atoms with Crippen molar-refractivity contribution in [2.75, 3.05) is 26.2 Å². The average molecular weight is 445 g/mol. The molecule has 2 aromatic rings. The maximum Gasteiger partial charge on any atom is 0.573 e. The van der Waals surface area contributed by atoms with E-state index in [2.05, 4.69) is 25.3 Å². The van der Waals surface area contributed by atoms with E-state index in [4.69, 9.17) is 0 Å². The molecule has 1 unspecified atom stereocenters. The Bertz CT molecular complexity index is 794. The number of hydrogen-bond acceptors (Lipinski definition) is 5. The number of aliphatic hydroxyl groups is 1. The van der Waals surface area contributed by atoms with Gasteiger partial charge in [-0.25, -0.2) is 4.98 Å². The second-order valence-electron chi connectivity index (χ2n) is 6.71. The molecule has 1 heterocycles. The Morgan fingerprint density at radius 3 is 2.57 bits per heavy atom. The normalized spacial score (nSPS) is 13.2. The Labute approximate surface area is 178 Å². The third-order valence-corrected chi connectivity index (χ3v) is 5.06. The molecule has 3 N–H and O–H groups in total. The number of aromatic nitrogens is 1. The first-order valence-corrected chi connectivity index (χ1v) is 10.5. The number of ether oxygens (including phenoxy) is 1. The van der Waals surface area contributed by atoms with E-state index in [0.717, 1.165) is 17.0 Å². The molecule has 0 saturated heterocycles. The van der Waals surface area contributed by atoms with Gasteiger partial charge in [-0.1, -0.05) is 12.1 Å². The minimum absolute atomic E-state index is 0.0813. The number of benzene rings is 1. The third-order valence-electron chi connectivity index (χ3n) is 4.09. The molecule has 10 heteroatoms. The van der Waals surface area contributed by atoms with Crippen LogP contribution >= 0.6 is 11.3 Å². The van der Waals surface area contributed by atoms with Gasteiger partial charge in [-0.2, -0.15) is 0 Å². The molecular weight excluding hydrogens is 417 g/mol. The maximum absolute atomic E-state index is 12.2. The van der Waals surface area contributed by atoms with E-state index in [1.54, 1.807) is 23.5 Å². The lowest BCUT2D eigenvalue weighted by Crippen LogP contribution is -2.38. The minimum atomic E-state index is -4.71. The van der Waals surface area contributed by atoms with Crippen molar-refractivity contribution in [2.24, 2.45) is 10.9 Å². The largest absolute Gasteiger partial charge is 0.573 e. The van der Waals surface area contributed by atoms with Crippen molar-refractivity contribution < 1.29 is 23.0 Å². The quantitative estimate of drug-likeness (QED) is 0.387. The summed E-state index contributed by atoms with van der Waals surface area (Å²) in [6.45, 7) is 5.67. The monoisotopic (exact) mass is 444 g/mol. The molecule has 1 aromatic heterocycles. The van der Waals surface area contributed by atoms with Gasteiger partial charge in [-0.15, -0.1) is 24.5 Å². The van der Waals surface area contributed by atoms with Gasteiger partial charge in [0.05, 0.1) is 5.01 Å². The fourth-order valence-corrected chi connectivity index (χ4v) is 3.50. The number of hydrogen-bond donors (Lipinski definition) is 3. The summed E-state index contributed by atoms with van der Waals surface area (Å²) in [7, 11) is 0. The second kappa shape index (κ2) is 11.8. The molecule has 0 aliphatic heterocycles. The lowest BCUT2D eigenvalue weighted by molar-refractivity contribution is -0.274. The smallest absolute Gasteiger partial charge is 0.406 e. The first kappa shape index (κ1) is 23.9. The zero-order chi connectivity index (χ0) is 22.0. The molecule has 6 nitrogen and oxygen atoms in total. The lowest BCUT2D eigenvalue weighted by atomic mass is 10.0. The lowest BCUT2D eigenvalue weighted by Gasteiger charge is -2.15. The van der Waals surface area contributed by atoms with Crippen molar-refractivity contribution >= 4 is 17.3 Å². The Morgan fingerprint density at radius 2 is 2.00 bits per heavy atom. The number of alkyl halides is 3. The summed E-state index contributed by atoms with van der Waals surface area (Å²) in [4.78, 5) is 10.0. The van der Waals surface area contributed by atoms with Gasteiger partial charge in [0.15, 0.2) is 5.96 Å². The van der Waals surface area contributed by atoms with E-state index in [-0.39, 0.29) is 18.3 Å². The van der Waals surface area contributed by atoms with Crippen LogP contribution in [0.1, 0.15) is 22.4 Å². The molecular formula is C20H27F3N4O2S. The van der Waals surface area contributed by atoms with Crippen LogP contribution in [0.25, 0.3) is 0 Å². The maximum atomic E-state index is 12.2. The zero-order valence-electron chi connectivity index (χ0n) is 17.0. The number of thiazole rings is 1. The molecule has 0 amide bonds. The molecule has 1 atom stereocenters. The van der Waals surface area contributed by atoms with Crippen molar-refractivity contribution in [3.8, 4) is 5.75 Å². The standard InChI is InChI=1S/C20H27F3N4O2S/c1-3-24-19(25-9-8-18-26-11-14(2)30-18)27-12-16(13-28)10-15-4-6-17(7-5-15)29-20(21,22)23/h4-7,11,16,28H,3,8-10,12-13H2,1-2H3,(H2,24,25,27). The molecule has 0 bridgehead atoms. The van der Waals surface area contributed by atoms with Gasteiger partial charge < -0.3 is 20.5 Å². The number of aryl methyl sites for hydroxylation is 1. The predicted molar refractivity (Wildman–Crippen MR) is 112 cm³/mol. The third kappa shape index (κ3) is 9.00. The Balaban J connectivity index is 1.87. The number of aliphatic imine (C=N–C) groups is 1. The van der Waals surface area contributed by atoms with Crippen molar-refractivity contribution in [3.63, 3.8) is 0 Å². The van der Waals surface area contributed by atoms with Gasteiger partial charge in [0.1, 0.15) is 5.75 Å². The molecule has 0 aliphatic rings. The van der Waals surface area contributed by atoms with Crippen LogP contribution in [0.2, 0.25) is 0 Å². The number of rotatable bonds is 10. The van der Waals surface area contributed by atoms with Crippen LogP contribution in [0, 0.1) is 12.8 Å². The number of halogens is 3. The van der Waals surface area contributed by atoms with Gasteiger partial charge >= 0.3 is 6.36 Å². The Morgan fingerprint density at radius 1 is 1.27 bits per heavy atom. The summed E-state index contributed by atoms with van der Waals surface area (Å²) in [5.41, 5.74) is 0.802. The van der Waals surface area contributed by atoms with Gasteiger partial charge in [0.25, 0.3) is 0 Å². The van der Waals surface area contributed by atoms with Crippen LogP contribution in [0.15, 0.2) is 35.5 Å². The number of guanidine groups is 1. The van der Waals surface area contributed by atoms with Crippen molar-refractivity contribution in [2.45, 2.75) is 33.1 Å². The van der Waals surface area contributed by atoms with Crippen LogP contribution in [-0.2, 0) is 12.8 Å². The average Bonchev–Trinajstić information content (AvgIpc) is 3.10. The Kier molecular flexibility index (Phi) is 9.38. The number of aliphatic hydroxyl groups excluding tert-OH is 1. The summed E-state index contributed by atoms with van der Waals surface area (Å²) < 4.78 is 40.6. The molecule has 0 fully saturated rings. The summed E-state index contributed by atoms with van der Waals surface area (Å²) in [5.74, 6) is 0.230. The Hall–Kier alpha value is -2.33. The molecule has 30 heavy (non-hydrogen) atoms. The zero-order valence-corrected chi connectivity index (χ0v) is 17.8. The van der Waals surface area contributed by atoms with E-state index in [0.29, 0.717) is 32.0 Å². The highest BCUT2D eigenvalue weighted by atomic mass is 32.1. The van der Waals surface area contributed by atoms with Gasteiger partial charge in [0.2, 0.25) is 0 Å². The van der Waals surface area contributed by atoms with Crippen molar-refractivity contribution in [1.29, 1.82) is 0 Å². The fourth-order valence-electron chi connectivity index (χ4n) is 2.71. The van der Waals surface area contributed by atoms with Crippen LogP contribution < -0.4 is 15.4 Å². The molecule has 0 radical (unpaired) electrons. The molecule has 2 rings (SSSR count). The topological polar surface area (TPSA) is 78.8 Å². The SMILES string of the molecule is CCNC(=NCC(CO)Cc1ccc(OC(F)(F)F)cc1)NCCc1ncc(C)s1. The van der Waals surface area contributed by atoms with Crippen LogP contribution in [0.5, 0.6) is 5.75 Å². The molecule has 0 spiro atoms.